The average Bonchev–Trinajstić information content (AvgIpc) is 2.13. The van der Waals surface area contributed by atoms with Crippen molar-refractivity contribution in [3.63, 3.8) is 0 Å². The largest absolute Gasteiger partial charge is 0.478 e. The van der Waals surface area contributed by atoms with E-state index in [1.807, 2.05) is 13.0 Å². The molecule has 0 spiro atoms. The molecule has 0 radical (unpaired) electrons. The Bertz CT molecular complexity index is 432. The Morgan fingerprint density at radius 3 is 2.40 bits per heavy atom. The van der Waals surface area contributed by atoms with E-state index < -0.39 is 11.9 Å². The van der Waals surface area contributed by atoms with Crippen molar-refractivity contribution in [2.75, 3.05) is 0 Å². The maximum atomic E-state index is 10.8. The third-order valence-corrected chi connectivity index (χ3v) is 1.83. The first-order valence-corrected chi connectivity index (χ1v) is 4.25. The van der Waals surface area contributed by atoms with Crippen LogP contribution in [0.3, 0.4) is 0 Å². The second kappa shape index (κ2) is 4.41. The van der Waals surface area contributed by atoms with Gasteiger partial charge in [0.2, 0.25) is 0 Å². The molecule has 0 unspecified atom stereocenters. The third kappa shape index (κ3) is 2.95. The van der Waals surface area contributed by atoms with Gasteiger partial charge in [0.05, 0.1) is 5.57 Å². The summed E-state index contributed by atoms with van der Waals surface area (Å²) in [5, 5.41) is 17.4. The van der Waals surface area contributed by atoms with E-state index in [0.717, 1.165) is 5.56 Å². The van der Waals surface area contributed by atoms with Crippen LogP contribution in [-0.2, 0) is 9.59 Å². The fourth-order valence-corrected chi connectivity index (χ4v) is 1.20. The molecule has 1 aromatic rings. The normalized spacial score (nSPS) is 11.1. The van der Waals surface area contributed by atoms with E-state index in [4.69, 9.17) is 10.2 Å². The quantitative estimate of drug-likeness (QED) is 0.736. The first-order valence-electron chi connectivity index (χ1n) is 4.25. The Balaban J connectivity index is 3.22. The van der Waals surface area contributed by atoms with E-state index in [9.17, 15) is 9.59 Å². The van der Waals surface area contributed by atoms with E-state index in [2.05, 4.69) is 0 Å². The van der Waals surface area contributed by atoms with Crippen LogP contribution < -0.4 is 0 Å². The van der Waals surface area contributed by atoms with Gasteiger partial charge in [-0.15, -0.1) is 0 Å². The zero-order chi connectivity index (χ0) is 11.4. The Kier molecular flexibility index (Phi) is 3.23. The van der Waals surface area contributed by atoms with Crippen molar-refractivity contribution < 1.29 is 19.8 Å². The van der Waals surface area contributed by atoms with Crippen molar-refractivity contribution in [3.8, 4) is 0 Å². The fourth-order valence-electron chi connectivity index (χ4n) is 1.20. The van der Waals surface area contributed by atoms with Gasteiger partial charge in [-0.25, -0.2) is 9.59 Å². The molecule has 0 aromatic heterocycles. The molecule has 0 amide bonds. The van der Waals surface area contributed by atoms with Gasteiger partial charge in [-0.2, -0.15) is 0 Å². The molecule has 0 heterocycles. The second-order valence-electron chi connectivity index (χ2n) is 3.07. The molecule has 0 atom stereocenters. The van der Waals surface area contributed by atoms with Crippen molar-refractivity contribution in [2.45, 2.75) is 6.92 Å². The van der Waals surface area contributed by atoms with Gasteiger partial charge in [-0.1, -0.05) is 29.8 Å². The van der Waals surface area contributed by atoms with Crippen LogP contribution in [0.5, 0.6) is 0 Å². The molecule has 0 fully saturated rings. The summed E-state index contributed by atoms with van der Waals surface area (Å²) in [7, 11) is 0. The lowest BCUT2D eigenvalue weighted by Gasteiger charge is -2.02. The van der Waals surface area contributed by atoms with E-state index >= 15 is 0 Å². The molecule has 0 saturated carbocycles. The molecule has 1 aromatic carbocycles. The minimum atomic E-state index is -1.27. The Morgan fingerprint density at radius 2 is 1.93 bits per heavy atom. The predicted octanol–water partition coefficient (Wildman–Crippen LogP) is 1.55. The van der Waals surface area contributed by atoms with Crippen molar-refractivity contribution in [1.82, 2.24) is 0 Å². The van der Waals surface area contributed by atoms with Crippen LogP contribution in [0.15, 0.2) is 30.3 Å². The number of benzene rings is 1. The molecule has 0 aliphatic rings. The molecule has 0 aliphatic carbocycles. The smallest absolute Gasteiger partial charge is 0.336 e. The third-order valence-electron chi connectivity index (χ3n) is 1.83. The van der Waals surface area contributed by atoms with Gasteiger partial charge >= 0.3 is 11.9 Å². The molecular weight excluding hydrogens is 196 g/mol. The van der Waals surface area contributed by atoms with Gasteiger partial charge in [0.15, 0.2) is 0 Å². The summed E-state index contributed by atoms with van der Waals surface area (Å²) in [6, 6.07) is 6.69. The highest BCUT2D eigenvalue weighted by Crippen LogP contribution is 2.15. The fraction of sp³-hybridized carbons (Fsp3) is 0.0909. The van der Waals surface area contributed by atoms with Crippen LogP contribution >= 0.6 is 0 Å². The molecule has 78 valence electrons. The number of hydrogen-bond acceptors (Lipinski definition) is 2. The van der Waals surface area contributed by atoms with Crippen molar-refractivity contribution in [1.29, 1.82) is 0 Å². The van der Waals surface area contributed by atoms with Crippen LogP contribution in [0.4, 0.5) is 0 Å². The Hall–Kier alpha value is -2.10. The van der Waals surface area contributed by atoms with Crippen LogP contribution in [0.2, 0.25) is 0 Å². The van der Waals surface area contributed by atoms with E-state index in [1.165, 1.54) is 0 Å². The van der Waals surface area contributed by atoms with Gasteiger partial charge < -0.3 is 10.2 Å². The lowest BCUT2D eigenvalue weighted by atomic mass is 10.0. The number of carboxylic acids is 2. The van der Waals surface area contributed by atoms with E-state index in [0.29, 0.717) is 11.6 Å². The zero-order valence-corrected chi connectivity index (χ0v) is 8.10. The van der Waals surface area contributed by atoms with Gasteiger partial charge in [0.25, 0.3) is 0 Å². The van der Waals surface area contributed by atoms with Crippen molar-refractivity contribution in [3.05, 3.63) is 41.5 Å². The summed E-state index contributed by atoms with van der Waals surface area (Å²) in [6.45, 7) is 1.81. The van der Waals surface area contributed by atoms with E-state index in [-0.39, 0.29) is 5.57 Å². The molecule has 2 N–H and O–H groups in total. The number of rotatable bonds is 3. The van der Waals surface area contributed by atoms with Gasteiger partial charge in [-0.05, 0) is 12.5 Å². The molecule has 0 bridgehead atoms. The average molecular weight is 206 g/mol. The summed E-state index contributed by atoms with van der Waals surface area (Å²) < 4.78 is 0. The highest BCUT2D eigenvalue weighted by molar-refractivity contribution is 6.19. The maximum Gasteiger partial charge on any atom is 0.336 e. The van der Waals surface area contributed by atoms with Crippen LogP contribution in [0, 0.1) is 6.92 Å². The lowest BCUT2D eigenvalue weighted by Crippen LogP contribution is -2.03. The van der Waals surface area contributed by atoms with Crippen LogP contribution in [0.25, 0.3) is 5.57 Å². The molecule has 0 aliphatic heterocycles. The topological polar surface area (TPSA) is 74.6 Å². The first-order chi connectivity index (χ1) is 7.00. The monoisotopic (exact) mass is 206 g/mol. The highest BCUT2D eigenvalue weighted by atomic mass is 16.4. The molecule has 1 rings (SSSR count). The van der Waals surface area contributed by atoms with Gasteiger partial charge in [-0.3, -0.25) is 0 Å². The van der Waals surface area contributed by atoms with Crippen LogP contribution in [-0.4, -0.2) is 22.2 Å². The maximum absolute atomic E-state index is 10.8. The molecule has 0 saturated heterocycles. The van der Waals surface area contributed by atoms with Crippen LogP contribution in [0.1, 0.15) is 11.1 Å². The Morgan fingerprint density at radius 1 is 1.27 bits per heavy atom. The summed E-state index contributed by atoms with van der Waals surface area (Å²) in [6.07, 6.45) is 0.692. The molecule has 15 heavy (non-hydrogen) atoms. The van der Waals surface area contributed by atoms with Gasteiger partial charge in [0.1, 0.15) is 0 Å². The highest BCUT2D eigenvalue weighted by Gasteiger charge is 2.11. The lowest BCUT2D eigenvalue weighted by molar-refractivity contribution is -0.133. The number of hydrogen-bond donors (Lipinski definition) is 2. The molecule has 4 heteroatoms. The van der Waals surface area contributed by atoms with E-state index in [1.54, 1.807) is 18.2 Å². The standard InChI is InChI=1S/C11H10O4/c1-7-3-2-4-8(5-7)9(11(14)15)6-10(12)13/h2-6H,1H3,(H,12,13)(H,14,15)/b9-6-. The summed E-state index contributed by atoms with van der Waals surface area (Å²) >= 11 is 0. The second-order valence-corrected chi connectivity index (χ2v) is 3.07. The minimum absolute atomic E-state index is 0.216. The zero-order valence-electron chi connectivity index (χ0n) is 8.10. The summed E-state index contributed by atoms with van der Waals surface area (Å²) in [5.74, 6) is -2.52. The van der Waals surface area contributed by atoms with Crippen molar-refractivity contribution in [2.24, 2.45) is 0 Å². The number of carbonyl (C=O) groups is 2. The number of aliphatic carboxylic acids is 2. The summed E-state index contributed by atoms with van der Waals surface area (Å²) in [5.41, 5.74) is 1.06. The first kappa shape index (κ1) is 11.0. The number of aryl methyl sites for hydroxylation is 1. The van der Waals surface area contributed by atoms with Gasteiger partial charge in [0, 0.05) is 6.08 Å². The predicted molar refractivity (Wildman–Crippen MR) is 54.4 cm³/mol. The molecule has 4 nitrogen and oxygen atoms in total. The number of carboxylic acid groups (broad SMARTS) is 2. The minimum Gasteiger partial charge on any atom is -0.478 e. The summed E-state index contributed by atoms with van der Waals surface area (Å²) in [4.78, 5) is 21.2. The van der Waals surface area contributed by atoms with Crippen molar-refractivity contribution >= 4 is 17.5 Å². The molecular formula is C11H10O4. The SMILES string of the molecule is Cc1cccc(/C(=C/C(=O)O)C(=O)O)c1. The Labute approximate surface area is 86.5 Å².